The van der Waals surface area contributed by atoms with Gasteiger partial charge in [0.2, 0.25) is 5.91 Å². The number of carbonyl (C=O) groups excluding carboxylic acids is 3. The molecule has 0 spiro atoms. The molecule has 2 unspecified atom stereocenters. The highest BCUT2D eigenvalue weighted by molar-refractivity contribution is 6.22. The highest BCUT2D eigenvalue weighted by Crippen LogP contribution is 2.26. The second-order valence-corrected chi connectivity index (χ2v) is 6.16. The van der Waals surface area contributed by atoms with Gasteiger partial charge in [0, 0.05) is 13.1 Å². The fourth-order valence-electron chi connectivity index (χ4n) is 3.31. The number of hydrogen-bond donors (Lipinski definition) is 1. The van der Waals surface area contributed by atoms with Gasteiger partial charge in [-0.25, -0.2) is 0 Å². The molecule has 3 amide bonds. The Bertz CT molecular complexity index is 694. The third kappa shape index (κ3) is 2.55. The second kappa shape index (κ2) is 6.07. The monoisotopic (exact) mass is 330 g/mol. The molecule has 2 atom stereocenters. The van der Waals surface area contributed by atoms with Crippen molar-refractivity contribution in [2.24, 2.45) is 5.92 Å². The van der Waals surface area contributed by atoms with Crippen LogP contribution in [-0.4, -0.2) is 57.7 Å². The number of rotatable bonds is 3. The molecule has 0 aromatic heterocycles. The topological polar surface area (TPSA) is 95.0 Å². The Balaban J connectivity index is 1.78. The number of carboxylic acids is 1. The number of fused-ring (bicyclic) bond motifs is 1. The summed E-state index contributed by atoms with van der Waals surface area (Å²) in [5.41, 5.74) is 0.591. The van der Waals surface area contributed by atoms with Gasteiger partial charge in [0.25, 0.3) is 11.8 Å². The summed E-state index contributed by atoms with van der Waals surface area (Å²) in [5, 5.41) is 9.13. The summed E-state index contributed by atoms with van der Waals surface area (Å²) in [6.45, 7) is 2.06. The van der Waals surface area contributed by atoms with Crippen molar-refractivity contribution >= 4 is 23.7 Å². The van der Waals surface area contributed by atoms with Crippen LogP contribution in [0.15, 0.2) is 24.3 Å². The summed E-state index contributed by atoms with van der Waals surface area (Å²) in [6, 6.07) is 5.51. The molecule has 1 N–H and O–H groups in total. The van der Waals surface area contributed by atoms with Crippen LogP contribution in [0.4, 0.5) is 0 Å². The van der Waals surface area contributed by atoms with E-state index in [0.29, 0.717) is 30.5 Å². The van der Waals surface area contributed by atoms with Crippen LogP contribution >= 0.6 is 0 Å². The molecule has 0 bridgehead atoms. The largest absolute Gasteiger partial charge is 0.481 e. The first-order valence-corrected chi connectivity index (χ1v) is 7.90. The molecular weight excluding hydrogens is 312 g/mol. The molecule has 0 saturated carbocycles. The predicted octanol–water partition coefficient (Wildman–Crippen LogP) is 0.994. The fourth-order valence-corrected chi connectivity index (χ4v) is 3.31. The molecule has 0 radical (unpaired) electrons. The van der Waals surface area contributed by atoms with Gasteiger partial charge in [-0.15, -0.1) is 0 Å². The molecule has 1 fully saturated rings. The van der Waals surface area contributed by atoms with Crippen molar-refractivity contribution in [2.75, 3.05) is 13.1 Å². The lowest BCUT2D eigenvalue weighted by molar-refractivity contribution is -0.146. The molecule has 7 nitrogen and oxygen atoms in total. The molecule has 1 aromatic rings. The van der Waals surface area contributed by atoms with E-state index in [1.165, 1.54) is 11.8 Å². The molecule has 2 heterocycles. The van der Waals surface area contributed by atoms with Gasteiger partial charge in [0.1, 0.15) is 6.04 Å². The second-order valence-electron chi connectivity index (χ2n) is 6.16. The average molecular weight is 330 g/mol. The third-order valence-electron chi connectivity index (χ3n) is 4.65. The summed E-state index contributed by atoms with van der Waals surface area (Å²) >= 11 is 0. The Labute approximate surface area is 138 Å². The summed E-state index contributed by atoms with van der Waals surface area (Å²) in [7, 11) is 0. The van der Waals surface area contributed by atoms with E-state index in [-0.39, 0.29) is 6.54 Å². The molecule has 3 rings (SSSR count). The third-order valence-corrected chi connectivity index (χ3v) is 4.65. The van der Waals surface area contributed by atoms with Crippen molar-refractivity contribution < 1.29 is 24.3 Å². The minimum absolute atomic E-state index is 0.113. The zero-order valence-corrected chi connectivity index (χ0v) is 13.3. The van der Waals surface area contributed by atoms with Crippen LogP contribution in [0.3, 0.4) is 0 Å². The lowest BCUT2D eigenvalue weighted by atomic mass is 9.97. The van der Waals surface area contributed by atoms with Crippen LogP contribution in [0.5, 0.6) is 0 Å². The number of carboxylic acid groups (broad SMARTS) is 1. The lowest BCUT2D eigenvalue weighted by Crippen LogP contribution is -2.52. The van der Waals surface area contributed by atoms with Crippen LogP contribution in [0, 0.1) is 5.92 Å². The Kier molecular flexibility index (Phi) is 4.09. The van der Waals surface area contributed by atoms with E-state index in [9.17, 15) is 19.2 Å². The van der Waals surface area contributed by atoms with Gasteiger partial charge >= 0.3 is 5.97 Å². The number of benzene rings is 1. The van der Waals surface area contributed by atoms with Crippen LogP contribution < -0.4 is 0 Å². The number of piperidine rings is 1. The van der Waals surface area contributed by atoms with Crippen molar-refractivity contribution in [1.82, 2.24) is 9.80 Å². The highest BCUT2D eigenvalue weighted by atomic mass is 16.4. The van der Waals surface area contributed by atoms with E-state index in [1.54, 1.807) is 24.3 Å². The van der Waals surface area contributed by atoms with Gasteiger partial charge in [-0.1, -0.05) is 12.1 Å². The molecule has 126 valence electrons. The summed E-state index contributed by atoms with van der Waals surface area (Å²) in [6.07, 6.45) is 1.12. The van der Waals surface area contributed by atoms with Gasteiger partial charge in [-0.3, -0.25) is 24.1 Å². The minimum Gasteiger partial charge on any atom is -0.481 e. The van der Waals surface area contributed by atoms with Crippen LogP contribution in [0.2, 0.25) is 0 Å². The number of imide groups is 1. The number of amides is 3. The first-order chi connectivity index (χ1) is 11.4. The maximum atomic E-state index is 12.7. The van der Waals surface area contributed by atoms with Crippen molar-refractivity contribution in [1.29, 1.82) is 0 Å². The maximum Gasteiger partial charge on any atom is 0.308 e. The van der Waals surface area contributed by atoms with Crippen LogP contribution in [-0.2, 0) is 9.59 Å². The van der Waals surface area contributed by atoms with Gasteiger partial charge in [-0.2, -0.15) is 0 Å². The molecule has 24 heavy (non-hydrogen) atoms. The van der Waals surface area contributed by atoms with E-state index in [0.717, 1.165) is 4.90 Å². The first kappa shape index (κ1) is 16.2. The smallest absolute Gasteiger partial charge is 0.308 e. The minimum atomic E-state index is -0.954. The van der Waals surface area contributed by atoms with E-state index in [4.69, 9.17) is 5.11 Å². The predicted molar refractivity (Wildman–Crippen MR) is 83.3 cm³/mol. The lowest BCUT2D eigenvalue weighted by Gasteiger charge is -2.34. The number of carbonyl (C=O) groups is 4. The van der Waals surface area contributed by atoms with Crippen molar-refractivity contribution in [3.63, 3.8) is 0 Å². The zero-order chi connectivity index (χ0) is 17.4. The molecule has 1 aromatic carbocycles. The fraction of sp³-hybridized carbons (Fsp3) is 0.412. The van der Waals surface area contributed by atoms with Gasteiger partial charge < -0.3 is 10.0 Å². The van der Waals surface area contributed by atoms with Crippen molar-refractivity contribution in [3.05, 3.63) is 35.4 Å². The Morgan fingerprint density at radius 3 is 2.29 bits per heavy atom. The molecular formula is C17H18N2O5. The normalized spacial score (nSPS) is 21.6. The number of likely N-dealkylation sites (tertiary alicyclic amines) is 1. The Hall–Kier alpha value is -2.70. The molecule has 7 heteroatoms. The molecule has 2 aliphatic rings. The van der Waals surface area contributed by atoms with Crippen LogP contribution in [0.1, 0.15) is 40.5 Å². The van der Waals surface area contributed by atoms with Gasteiger partial charge in [-0.05, 0) is 31.9 Å². The van der Waals surface area contributed by atoms with Crippen molar-refractivity contribution in [3.8, 4) is 0 Å². The summed E-state index contributed by atoms with van der Waals surface area (Å²) in [5.74, 6) is -2.89. The zero-order valence-electron chi connectivity index (χ0n) is 13.3. The van der Waals surface area contributed by atoms with Crippen molar-refractivity contribution in [2.45, 2.75) is 25.8 Å². The number of hydrogen-bond acceptors (Lipinski definition) is 4. The first-order valence-electron chi connectivity index (χ1n) is 7.90. The van der Waals surface area contributed by atoms with E-state index >= 15 is 0 Å². The number of aliphatic carboxylic acids is 1. The molecule has 2 aliphatic heterocycles. The summed E-state index contributed by atoms with van der Waals surface area (Å²) < 4.78 is 0. The average Bonchev–Trinajstić information content (AvgIpc) is 2.85. The van der Waals surface area contributed by atoms with Gasteiger partial charge in [0.05, 0.1) is 17.0 Å². The quantitative estimate of drug-likeness (QED) is 0.834. The SMILES string of the molecule is CC(C(=O)N1CCCC(C(=O)O)C1)N1C(=O)c2ccccc2C1=O. The standard InChI is InChI=1S/C17H18N2O5/c1-10(14(20)18-8-4-5-11(9-18)17(23)24)19-15(21)12-6-2-3-7-13(12)16(19)22/h2-3,6-7,10-11H,4-5,8-9H2,1H3,(H,23,24). The Morgan fingerprint density at radius 1 is 1.17 bits per heavy atom. The van der Waals surface area contributed by atoms with E-state index < -0.39 is 35.7 Å². The Morgan fingerprint density at radius 2 is 1.75 bits per heavy atom. The van der Waals surface area contributed by atoms with Crippen LogP contribution in [0.25, 0.3) is 0 Å². The molecule has 1 saturated heterocycles. The summed E-state index contributed by atoms with van der Waals surface area (Å²) in [4.78, 5) is 51.1. The maximum absolute atomic E-state index is 12.7. The van der Waals surface area contributed by atoms with E-state index in [1.807, 2.05) is 0 Å². The van der Waals surface area contributed by atoms with E-state index in [2.05, 4.69) is 0 Å². The molecule has 0 aliphatic carbocycles. The number of nitrogens with zero attached hydrogens (tertiary/aromatic N) is 2. The highest BCUT2D eigenvalue weighted by Gasteiger charge is 2.42. The van der Waals surface area contributed by atoms with Gasteiger partial charge in [0.15, 0.2) is 0 Å².